The Hall–Kier alpha value is -1.55. The van der Waals surface area contributed by atoms with Crippen molar-refractivity contribution in [1.29, 1.82) is 0 Å². The lowest BCUT2D eigenvalue weighted by Crippen LogP contribution is -2.20. The second-order valence-corrected chi connectivity index (χ2v) is 4.95. The van der Waals surface area contributed by atoms with E-state index < -0.39 is 6.16 Å². The van der Waals surface area contributed by atoms with Gasteiger partial charge in [0, 0.05) is 17.9 Å². The second-order valence-electron chi connectivity index (χ2n) is 4.52. The van der Waals surface area contributed by atoms with Crippen LogP contribution in [0.2, 0.25) is 5.02 Å². The maximum absolute atomic E-state index is 11.6. The SMILES string of the molecule is O=C1CCCC(OC(=O)Oc2ccc(Cl)cc2)CC1. The Kier molecular flexibility index (Phi) is 4.80. The fourth-order valence-corrected chi connectivity index (χ4v) is 2.12. The van der Waals surface area contributed by atoms with Gasteiger partial charge in [-0.25, -0.2) is 4.79 Å². The molecular formula is C14H15ClO4. The zero-order valence-corrected chi connectivity index (χ0v) is 11.2. The summed E-state index contributed by atoms with van der Waals surface area (Å²) in [6.45, 7) is 0. The molecule has 1 saturated carbocycles. The first-order chi connectivity index (χ1) is 9.13. The summed E-state index contributed by atoms with van der Waals surface area (Å²) in [7, 11) is 0. The van der Waals surface area contributed by atoms with Gasteiger partial charge < -0.3 is 9.47 Å². The monoisotopic (exact) mass is 282 g/mol. The molecule has 4 nitrogen and oxygen atoms in total. The summed E-state index contributed by atoms with van der Waals surface area (Å²) in [6, 6.07) is 6.46. The third kappa shape index (κ3) is 4.56. The Morgan fingerprint density at radius 1 is 1.16 bits per heavy atom. The molecule has 0 spiro atoms. The molecule has 0 heterocycles. The number of ketones is 1. The van der Waals surface area contributed by atoms with Crippen molar-refractivity contribution in [3.05, 3.63) is 29.3 Å². The number of carbonyl (C=O) groups is 2. The molecule has 0 bridgehead atoms. The van der Waals surface area contributed by atoms with Gasteiger partial charge in [0.2, 0.25) is 0 Å². The minimum absolute atomic E-state index is 0.230. The molecule has 1 aromatic rings. The predicted octanol–water partition coefficient (Wildman–Crippen LogP) is 3.76. The van der Waals surface area contributed by atoms with E-state index in [2.05, 4.69) is 0 Å². The Morgan fingerprint density at radius 2 is 1.89 bits per heavy atom. The number of hydrogen-bond donors (Lipinski definition) is 0. The van der Waals surface area contributed by atoms with Crippen LogP contribution in [0.3, 0.4) is 0 Å². The van der Waals surface area contributed by atoms with Gasteiger partial charge in [0.15, 0.2) is 0 Å². The molecule has 1 fully saturated rings. The van der Waals surface area contributed by atoms with Crippen LogP contribution in [0, 0.1) is 0 Å². The summed E-state index contributed by atoms with van der Waals surface area (Å²) in [5.74, 6) is 0.622. The highest BCUT2D eigenvalue weighted by Crippen LogP contribution is 2.20. The predicted molar refractivity (Wildman–Crippen MR) is 70.4 cm³/mol. The van der Waals surface area contributed by atoms with Crippen LogP contribution < -0.4 is 4.74 Å². The molecule has 0 amide bonds. The third-order valence-corrected chi connectivity index (χ3v) is 3.26. The Morgan fingerprint density at radius 3 is 2.63 bits per heavy atom. The molecule has 0 radical (unpaired) electrons. The molecule has 1 aliphatic rings. The number of benzene rings is 1. The van der Waals surface area contributed by atoms with Crippen LogP contribution in [-0.4, -0.2) is 18.0 Å². The zero-order chi connectivity index (χ0) is 13.7. The van der Waals surface area contributed by atoms with Crippen LogP contribution in [0.4, 0.5) is 4.79 Å². The first-order valence-corrected chi connectivity index (χ1v) is 6.67. The molecule has 1 atom stereocenters. The Bertz CT molecular complexity index is 455. The Labute approximate surface area is 116 Å². The summed E-state index contributed by atoms with van der Waals surface area (Å²) in [4.78, 5) is 22.9. The van der Waals surface area contributed by atoms with Crippen LogP contribution >= 0.6 is 11.6 Å². The average molecular weight is 283 g/mol. The highest BCUT2D eigenvalue weighted by molar-refractivity contribution is 6.30. The number of carbonyl (C=O) groups excluding carboxylic acids is 2. The number of hydrogen-bond acceptors (Lipinski definition) is 4. The quantitative estimate of drug-likeness (QED) is 0.471. The van der Waals surface area contributed by atoms with E-state index in [1.165, 1.54) is 0 Å². The molecule has 0 N–H and O–H groups in total. The normalized spacial score (nSPS) is 19.6. The minimum Gasteiger partial charge on any atom is -0.431 e. The van der Waals surface area contributed by atoms with Gasteiger partial charge in [-0.1, -0.05) is 11.6 Å². The lowest BCUT2D eigenvalue weighted by molar-refractivity contribution is -0.119. The average Bonchev–Trinajstić information content (AvgIpc) is 2.57. The van der Waals surface area contributed by atoms with E-state index in [4.69, 9.17) is 21.1 Å². The summed E-state index contributed by atoms with van der Waals surface area (Å²) in [5.41, 5.74) is 0. The third-order valence-electron chi connectivity index (χ3n) is 3.00. The van der Waals surface area contributed by atoms with Crippen LogP contribution in [0.5, 0.6) is 5.75 Å². The standard InChI is InChI=1S/C14H15ClO4/c15-10-4-7-13(8-5-10)19-14(17)18-12-3-1-2-11(16)6-9-12/h4-5,7-8,12H,1-3,6,9H2. The molecule has 2 rings (SSSR count). The first-order valence-electron chi connectivity index (χ1n) is 6.29. The molecule has 1 aliphatic carbocycles. The van der Waals surface area contributed by atoms with Crippen molar-refractivity contribution in [2.45, 2.75) is 38.2 Å². The van der Waals surface area contributed by atoms with E-state index in [1.54, 1.807) is 24.3 Å². The van der Waals surface area contributed by atoms with E-state index in [-0.39, 0.29) is 11.9 Å². The van der Waals surface area contributed by atoms with Gasteiger partial charge in [0.05, 0.1) is 0 Å². The largest absolute Gasteiger partial charge is 0.514 e. The molecule has 5 heteroatoms. The van der Waals surface area contributed by atoms with Crippen molar-refractivity contribution in [2.24, 2.45) is 0 Å². The Balaban J connectivity index is 1.83. The van der Waals surface area contributed by atoms with Gasteiger partial charge in [-0.3, -0.25) is 4.79 Å². The highest BCUT2D eigenvalue weighted by Gasteiger charge is 2.20. The molecular weight excluding hydrogens is 268 g/mol. The molecule has 0 aliphatic heterocycles. The van der Waals surface area contributed by atoms with E-state index in [0.717, 1.165) is 6.42 Å². The molecule has 0 aromatic heterocycles. The van der Waals surface area contributed by atoms with E-state index in [0.29, 0.717) is 36.5 Å². The van der Waals surface area contributed by atoms with Crippen molar-refractivity contribution in [3.8, 4) is 5.75 Å². The van der Waals surface area contributed by atoms with Crippen LogP contribution in [0.25, 0.3) is 0 Å². The fraction of sp³-hybridized carbons (Fsp3) is 0.429. The van der Waals surface area contributed by atoms with E-state index in [9.17, 15) is 9.59 Å². The highest BCUT2D eigenvalue weighted by atomic mass is 35.5. The smallest absolute Gasteiger partial charge is 0.431 e. The lowest BCUT2D eigenvalue weighted by Gasteiger charge is -2.14. The number of ether oxygens (including phenoxy) is 2. The van der Waals surface area contributed by atoms with Crippen LogP contribution in [0.15, 0.2) is 24.3 Å². The van der Waals surface area contributed by atoms with Crippen molar-refractivity contribution in [2.75, 3.05) is 0 Å². The van der Waals surface area contributed by atoms with Gasteiger partial charge in [-0.15, -0.1) is 0 Å². The molecule has 1 aromatic carbocycles. The summed E-state index contributed by atoms with van der Waals surface area (Å²) >= 11 is 5.73. The van der Waals surface area contributed by atoms with Gasteiger partial charge in [0.25, 0.3) is 0 Å². The van der Waals surface area contributed by atoms with Gasteiger partial charge in [0.1, 0.15) is 17.6 Å². The summed E-state index contributed by atoms with van der Waals surface area (Å²) in [6.07, 6.45) is 2.13. The minimum atomic E-state index is -0.735. The molecule has 0 saturated heterocycles. The van der Waals surface area contributed by atoms with Crippen molar-refractivity contribution >= 4 is 23.5 Å². The van der Waals surface area contributed by atoms with E-state index >= 15 is 0 Å². The summed E-state index contributed by atoms with van der Waals surface area (Å²) < 4.78 is 10.2. The van der Waals surface area contributed by atoms with E-state index in [1.807, 2.05) is 0 Å². The van der Waals surface area contributed by atoms with Crippen molar-refractivity contribution in [3.63, 3.8) is 0 Å². The van der Waals surface area contributed by atoms with Crippen molar-refractivity contribution < 1.29 is 19.1 Å². The lowest BCUT2D eigenvalue weighted by atomic mass is 10.1. The molecule has 1 unspecified atom stereocenters. The fourth-order valence-electron chi connectivity index (χ4n) is 2.00. The van der Waals surface area contributed by atoms with Gasteiger partial charge in [-0.2, -0.15) is 0 Å². The van der Waals surface area contributed by atoms with Gasteiger partial charge >= 0.3 is 6.16 Å². The maximum atomic E-state index is 11.6. The zero-order valence-electron chi connectivity index (χ0n) is 10.4. The topological polar surface area (TPSA) is 52.6 Å². The first kappa shape index (κ1) is 13.9. The van der Waals surface area contributed by atoms with Crippen LogP contribution in [-0.2, 0) is 9.53 Å². The van der Waals surface area contributed by atoms with Gasteiger partial charge in [-0.05, 0) is 43.5 Å². The second kappa shape index (κ2) is 6.57. The summed E-state index contributed by atoms with van der Waals surface area (Å²) in [5, 5.41) is 0.572. The number of rotatable bonds is 2. The maximum Gasteiger partial charge on any atom is 0.514 e. The number of Topliss-reactive ketones (excluding diaryl/α,β-unsaturated/α-hetero) is 1. The number of halogens is 1. The van der Waals surface area contributed by atoms with Crippen LogP contribution in [0.1, 0.15) is 32.1 Å². The molecule has 19 heavy (non-hydrogen) atoms. The van der Waals surface area contributed by atoms with Crippen molar-refractivity contribution in [1.82, 2.24) is 0 Å². The molecule has 102 valence electrons.